The Labute approximate surface area is 376 Å². The summed E-state index contributed by atoms with van der Waals surface area (Å²) in [4.78, 5) is 69.3. The smallest absolute Gasteiger partial charge is 0.335 e. The number of aryl methyl sites for hydroxylation is 1. The zero-order valence-electron chi connectivity index (χ0n) is 36.8. The van der Waals surface area contributed by atoms with Gasteiger partial charge in [0.2, 0.25) is 17.6 Å². The van der Waals surface area contributed by atoms with Crippen molar-refractivity contribution in [2.45, 2.75) is 39.0 Å². The van der Waals surface area contributed by atoms with E-state index in [1.54, 1.807) is 11.8 Å². The number of benzene rings is 1. The Morgan fingerprint density at radius 2 is 1.17 bits per heavy atom. The third-order valence-corrected chi connectivity index (χ3v) is 8.59. The second kappa shape index (κ2) is 34.8. The maximum atomic E-state index is 13.0. The van der Waals surface area contributed by atoms with Crippen molar-refractivity contribution in [1.82, 2.24) is 35.7 Å². The second-order valence-corrected chi connectivity index (χ2v) is 13.5. The normalized spacial score (nSPS) is 12.3. The predicted molar refractivity (Wildman–Crippen MR) is 224 cm³/mol. The van der Waals surface area contributed by atoms with Gasteiger partial charge in [-0.3, -0.25) is 19.2 Å². The quantitative estimate of drug-likeness (QED) is 0.0319. The van der Waals surface area contributed by atoms with E-state index in [-0.39, 0.29) is 123 Å². The van der Waals surface area contributed by atoms with Crippen LogP contribution >= 0.6 is 0 Å². The van der Waals surface area contributed by atoms with Crippen LogP contribution in [0.15, 0.2) is 29.4 Å². The number of carbonyl (C=O) groups is 5. The molecule has 2 heterocycles. The van der Waals surface area contributed by atoms with Gasteiger partial charge in [-0.05, 0) is 36.7 Å². The number of nitrogens with zero attached hydrogens (tertiary/aromatic N) is 9. The lowest BCUT2D eigenvalue weighted by molar-refractivity contribution is -0.198. The number of hydroxylamine groups is 2. The standard InChI is InChI=1S/C40H60N10O15/c1-32-44-46-40(47-45-32)33-2-4-34(5-3-33)64-31-30-63-29-28-62-27-26-61-25-22-57-16-9-36(52)49(14-19-60-24-23-59-18-12-43-48-41)13-11-42-35(51)8-15-56-20-21-58-17-10-39(55)65-50-37(53)6-7-38(50)54/h2-5H,6-31H2,1H3,(H,42,51). The number of aromatic nitrogens is 4. The van der Waals surface area contributed by atoms with E-state index in [1.807, 2.05) is 24.3 Å². The first-order valence-corrected chi connectivity index (χ1v) is 21.3. The summed E-state index contributed by atoms with van der Waals surface area (Å²) >= 11 is 0. The average molecular weight is 921 g/mol. The van der Waals surface area contributed by atoms with E-state index in [0.29, 0.717) is 81.9 Å². The number of hydrogen-bond acceptors (Lipinski definition) is 20. The Hall–Kier alpha value is -5.50. The van der Waals surface area contributed by atoms with Gasteiger partial charge < -0.3 is 57.7 Å². The fourth-order valence-electron chi connectivity index (χ4n) is 5.27. The summed E-state index contributed by atoms with van der Waals surface area (Å²) < 4.78 is 49.5. The number of ether oxygens (including phenoxy) is 9. The molecule has 1 aromatic heterocycles. The zero-order chi connectivity index (χ0) is 46.6. The summed E-state index contributed by atoms with van der Waals surface area (Å²) in [6, 6.07) is 7.31. The van der Waals surface area contributed by atoms with Crippen LogP contribution in [0.5, 0.6) is 5.75 Å². The van der Waals surface area contributed by atoms with Gasteiger partial charge in [-0.2, -0.15) is 0 Å². The molecule has 0 aliphatic carbocycles. The Kier molecular flexibility index (Phi) is 28.9. The fourth-order valence-corrected chi connectivity index (χ4v) is 5.27. The highest BCUT2D eigenvalue weighted by atomic mass is 16.7. The van der Waals surface area contributed by atoms with Crippen molar-refractivity contribution in [2.75, 3.05) is 138 Å². The number of nitrogens with one attached hydrogen (secondary N) is 1. The first-order chi connectivity index (χ1) is 31.8. The molecule has 3 rings (SSSR count). The number of rotatable bonds is 39. The van der Waals surface area contributed by atoms with E-state index in [4.69, 9.17) is 53.0 Å². The minimum absolute atomic E-state index is 0.00210. The van der Waals surface area contributed by atoms with Gasteiger partial charge in [0, 0.05) is 55.9 Å². The van der Waals surface area contributed by atoms with Crippen molar-refractivity contribution in [3.8, 4) is 17.1 Å². The van der Waals surface area contributed by atoms with Crippen molar-refractivity contribution >= 4 is 29.6 Å². The number of imide groups is 1. The second-order valence-electron chi connectivity index (χ2n) is 13.5. The van der Waals surface area contributed by atoms with Gasteiger partial charge >= 0.3 is 5.97 Å². The summed E-state index contributed by atoms with van der Waals surface area (Å²) in [5.41, 5.74) is 9.12. The van der Waals surface area contributed by atoms with Crippen molar-refractivity contribution in [2.24, 2.45) is 5.11 Å². The predicted octanol–water partition coefficient (Wildman–Crippen LogP) is 0.786. The van der Waals surface area contributed by atoms with Crippen LogP contribution < -0.4 is 10.1 Å². The summed E-state index contributed by atoms with van der Waals surface area (Å²) in [6.45, 7) is 7.36. The molecule has 4 amide bonds. The van der Waals surface area contributed by atoms with Gasteiger partial charge in [-0.15, -0.1) is 25.5 Å². The molecule has 1 saturated heterocycles. The molecule has 0 saturated carbocycles. The lowest BCUT2D eigenvalue weighted by Crippen LogP contribution is -2.41. The molecule has 0 atom stereocenters. The van der Waals surface area contributed by atoms with Crippen molar-refractivity contribution < 1.29 is 71.4 Å². The van der Waals surface area contributed by atoms with E-state index in [2.05, 4.69) is 35.7 Å². The van der Waals surface area contributed by atoms with Crippen LogP contribution in [0.1, 0.15) is 37.9 Å². The van der Waals surface area contributed by atoms with Gasteiger partial charge in [-0.25, -0.2) is 4.79 Å². The van der Waals surface area contributed by atoms with Crippen LogP contribution in [-0.4, -0.2) is 198 Å². The molecule has 1 fully saturated rings. The highest BCUT2D eigenvalue weighted by molar-refractivity contribution is 6.01. The lowest BCUT2D eigenvalue weighted by atomic mass is 10.2. The maximum Gasteiger partial charge on any atom is 0.335 e. The van der Waals surface area contributed by atoms with E-state index in [0.717, 1.165) is 5.56 Å². The highest BCUT2D eigenvalue weighted by Crippen LogP contribution is 2.18. The summed E-state index contributed by atoms with van der Waals surface area (Å²) in [6.07, 6.45) is 0.0699. The minimum atomic E-state index is -0.762. The van der Waals surface area contributed by atoms with Gasteiger partial charge in [0.1, 0.15) is 12.4 Å². The molecular weight excluding hydrogens is 860 g/mol. The van der Waals surface area contributed by atoms with E-state index in [9.17, 15) is 24.0 Å². The van der Waals surface area contributed by atoms with Crippen LogP contribution in [0.2, 0.25) is 0 Å². The Bertz CT molecular complexity index is 1710. The minimum Gasteiger partial charge on any atom is -0.491 e. The highest BCUT2D eigenvalue weighted by Gasteiger charge is 2.32. The van der Waals surface area contributed by atoms with Crippen molar-refractivity contribution in [3.63, 3.8) is 0 Å². The molecule has 360 valence electrons. The molecular formula is C40H60N10O15. The molecule has 1 N–H and O–H groups in total. The molecule has 1 aliphatic rings. The Morgan fingerprint density at radius 1 is 0.662 bits per heavy atom. The lowest BCUT2D eigenvalue weighted by Gasteiger charge is -2.23. The van der Waals surface area contributed by atoms with Gasteiger partial charge in [0.15, 0.2) is 5.82 Å². The van der Waals surface area contributed by atoms with Gasteiger partial charge in [-0.1, -0.05) is 5.11 Å². The van der Waals surface area contributed by atoms with E-state index in [1.165, 1.54) is 0 Å². The zero-order valence-corrected chi connectivity index (χ0v) is 36.8. The molecule has 65 heavy (non-hydrogen) atoms. The SMILES string of the molecule is Cc1nnc(-c2ccc(OCCOCCOCCOCCOCCC(=O)N(CCNC(=O)CCOCCOCCC(=O)ON3C(=O)CCC3=O)CCOCCOCCN=[N+]=[N-])cc2)nn1. The summed E-state index contributed by atoms with van der Waals surface area (Å²) in [5.74, 6) is -0.676. The molecule has 2 aromatic rings. The first-order valence-electron chi connectivity index (χ1n) is 21.3. The third-order valence-electron chi connectivity index (χ3n) is 8.59. The summed E-state index contributed by atoms with van der Waals surface area (Å²) in [5, 5.41) is 22.5. The number of carbonyl (C=O) groups excluding carboxylic acids is 5. The molecule has 0 bridgehead atoms. The van der Waals surface area contributed by atoms with Gasteiger partial charge in [0.25, 0.3) is 11.8 Å². The number of hydrogen-bond donors (Lipinski definition) is 1. The first kappa shape index (κ1) is 53.8. The molecule has 1 aliphatic heterocycles. The van der Waals surface area contributed by atoms with Crippen molar-refractivity contribution in [1.29, 1.82) is 0 Å². The molecule has 0 unspecified atom stereocenters. The number of azide groups is 1. The third kappa shape index (κ3) is 25.5. The topological polar surface area (TPSA) is 296 Å². The number of amides is 4. The average Bonchev–Trinajstić information content (AvgIpc) is 3.62. The van der Waals surface area contributed by atoms with Crippen LogP contribution in [0.3, 0.4) is 0 Å². The van der Waals surface area contributed by atoms with Crippen LogP contribution in [0.4, 0.5) is 0 Å². The maximum absolute atomic E-state index is 13.0. The Morgan fingerprint density at radius 3 is 1.75 bits per heavy atom. The molecule has 0 spiro atoms. The van der Waals surface area contributed by atoms with Crippen LogP contribution in [-0.2, 0) is 66.7 Å². The van der Waals surface area contributed by atoms with E-state index < -0.39 is 17.8 Å². The fraction of sp³-hybridized carbons (Fsp3) is 0.675. The van der Waals surface area contributed by atoms with E-state index >= 15 is 0 Å². The van der Waals surface area contributed by atoms with Crippen LogP contribution in [0, 0.1) is 6.92 Å². The summed E-state index contributed by atoms with van der Waals surface area (Å²) in [7, 11) is 0. The van der Waals surface area contributed by atoms with Gasteiger partial charge in [0.05, 0.1) is 119 Å². The van der Waals surface area contributed by atoms with Crippen LogP contribution in [0.25, 0.3) is 21.8 Å². The van der Waals surface area contributed by atoms with Crippen molar-refractivity contribution in [3.05, 3.63) is 40.5 Å². The molecule has 1 aromatic carbocycles. The largest absolute Gasteiger partial charge is 0.491 e. The molecule has 25 nitrogen and oxygen atoms in total. The Balaban J connectivity index is 1.17. The molecule has 0 radical (unpaired) electrons. The molecule has 25 heteroatoms. The monoisotopic (exact) mass is 920 g/mol.